The first-order chi connectivity index (χ1) is 8.69. The molecule has 0 saturated carbocycles. The molecule has 4 nitrogen and oxygen atoms in total. The maximum atomic E-state index is 11.1. The molecule has 0 fully saturated rings. The summed E-state index contributed by atoms with van der Waals surface area (Å²) in [6.45, 7) is 0. The zero-order valence-electron chi connectivity index (χ0n) is 9.96. The number of aromatic hydroxyl groups is 1. The van der Waals surface area contributed by atoms with Gasteiger partial charge in [0.25, 0.3) is 0 Å². The molecule has 4 heteroatoms. The third kappa shape index (κ3) is 2.85. The van der Waals surface area contributed by atoms with E-state index in [1.807, 2.05) is 30.3 Å². The lowest BCUT2D eigenvalue weighted by atomic mass is 10.1. The van der Waals surface area contributed by atoms with E-state index in [4.69, 9.17) is 0 Å². The summed E-state index contributed by atoms with van der Waals surface area (Å²) < 4.78 is 4.60. The van der Waals surface area contributed by atoms with Crippen LogP contribution in [-0.2, 0) is 16.0 Å². The number of carbonyl (C=O) groups is 1. The molecular weight excluding hydrogens is 230 g/mol. The highest BCUT2D eigenvalue weighted by atomic mass is 16.5. The van der Waals surface area contributed by atoms with Gasteiger partial charge in [-0.15, -0.1) is 0 Å². The van der Waals surface area contributed by atoms with Crippen molar-refractivity contribution < 1.29 is 14.6 Å². The maximum Gasteiger partial charge on any atom is 0.309 e. The number of benzene rings is 1. The summed E-state index contributed by atoms with van der Waals surface area (Å²) in [7, 11) is 1.37. The topological polar surface area (TPSA) is 59.4 Å². The first kappa shape index (κ1) is 12.1. The third-order valence-corrected chi connectivity index (χ3v) is 2.56. The molecule has 0 unspecified atom stereocenters. The number of aromatic nitrogens is 1. The third-order valence-electron chi connectivity index (χ3n) is 2.56. The molecule has 92 valence electrons. The van der Waals surface area contributed by atoms with Gasteiger partial charge in [0.1, 0.15) is 0 Å². The molecule has 0 saturated heterocycles. The van der Waals surface area contributed by atoms with Gasteiger partial charge < -0.3 is 9.84 Å². The minimum atomic E-state index is -0.266. The Morgan fingerprint density at radius 1 is 1.22 bits per heavy atom. The van der Waals surface area contributed by atoms with Gasteiger partial charge in [0.2, 0.25) is 5.88 Å². The maximum absolute atomic E-state index is 11.1. The molecule has 1 N–H and O–H groups in total. The van der Waals surface area contributed by atoms with E-state index in [-0.39, 0.29) is 18.3 Å². The fraction of sp³-hybridized carbons (Fsp3) is 0.143. The lowest BCUT2D eigenvalue weighted by Gasteiger charge is -2.03. The van der Waals surface area contributed by atoms with Crippen molar-refractivity contribution in [2.45, 2.75) is 6.42 Å². The quantitative estimate of drug-likeness (QED) is 0.839. The van der Waals surface area contributed by atoms with Crippen LogP contribution in [-0.4, -0.2) is 23.2 Å². The van der Waals surface area contributed by atoms with Gasteiger partial charge in [-0.1, -0.05) is 30.3 Å². The van der Waals surface area contributed by atoms with Crippen molar-refractivity contribution in [2.75, 3.05) is 7.11 Å². The summed E-state index contributed by atoms with van der Waals surface area (Å²) in [6.07, 6.45) is 0.254. The molecule has 2 rings (SSSR count). The van der Waals surface area contributed by atoms with Crippen LogP contribution in [0, 0.1) is 0 Å². The van der Waals surface area contributed by atoms with E-state index < -0.39 is 0 Å². The summed E-state index contributed by atoms with van der Waals surface area (Å²) in [5, 5.41) is 9.31. The van der Waals surface area contributed by atoms with Crippen molar-refractivity contribution in [2.24, 2.45) is 0 Å². The van der Waals surface area contributed by atoms with Crippen molar-refractivity contribution in [1.82, 2.24) is 4.98 Å². The Kier molecular flexibility index (Phi) is 3.57. The first-order valence-electron chi connectivity index (χ1n) is 5.51. The number of nitrogens with zero attached hydrogens (tertiary/aromatic N) is 1. The van der Waals surface area contributed by atoms with Crippen LogP contribution >= 0.6 is 0 Å². The summed E-state index contributed by atoms with van der Waals surface area (Å²) in [5.74, 6) is -0.274. The second-order valence-electron chi connectivity index (χ2n) is 3.83. The number of rotatable bonds is 3. The van der Waals surface area contributed by atoms with Crippen LogP contribution in [0.4, 0.5) is 0 Å². The molecule has 0 aliphatic rings. The number of pyridine rings is 1. The van der Waals surface area contributed by atoms with Gasteiger partial charge in [0.05, 0.1) is 19.2 Å². The normalized spacial score (nSPS) is 10.1. The Bertz CT molecular complexity index is 549. The fourth-order valence-electron chi connectivity index (χ4n) is 1.62. The van der Waals surface area contributed by atoms with Gasteiger partial charge >= 0.3 is 5.97 Å². The van der Waals surface area contributed by atoms with Crippen LogP contribution in [0.5, 0.6) is 5.88 Å². The Morgan fingerprint density at radius 2 is 1.94 bits per heavy atom. The van der Waals surface area contributed by atoms with Crippen LogP contribution in [0.25, 0.3) is 11.3 Å². The minimum Gasteiger partial charge on any atom is -0.493 e. The predicted molar refractivity (Wildman–Crippen MR) is 67.1 cm³/mol. The highest BCUT2D eigenvalue weighted by Gasteiger charge is 2.04. The fourth-order valence-corrected chi connectivity index (χ4v) is 1.62. The summed E-state index contributed by atoms with van der Waals surface area (Å²) in [5.41, 5.74) is 2.46. The molecule has 0 radical (unpaired) electrons. The average molecular weight is 243 g/mol. The Morgan fingerprint density at radius 3 is 2.56 bits per heavy atom. The second-order valence-corrected chi connectivity index (χ2v) is 3.83. The average Bonchev–Trinajstić information content (AvgIpc) is 2.39. The zero-order chi connectivity index (χ0) is 13.0. The number of ether oxygens (including phenoxy) is 1. The van der Waals surface area contributed by atoms with Gasteiger partial charge in [-0.05, 0) is 11.6 Å². The van der Waals surface area contributed by atoms with Crippen molar-refractivity contribution in [3.8, 4) is 17.1 Å². The molecule has 0 aliphatic heterocycles. The van der Waals surface area contributed by atoms with Crippen LogP contribution in [0.1, 0.15) is 5.56 Å². The zero-order valence-corrected chi connectivity index (χ0v) is 9.96. The molecule has 0 bridgehead atoms. The molecule has 1 aromatic heterocycles. The van der Waals surface area contributed by atoms with E-state index in [2.05, 4.69) is 9.72 Å². The van der Waals surface area contributed by atoms with Crippen molar-refractivity contribution in [3.63, 3.8) is 0 Å². The van der Waals surface area contributed by atoms with Crippen molar-refractivity contribution in [3.05, 3.63) is 48.0 Å². The Balaban J connectivity index is 2.19. The highest BCUT2D eigenvalue weighted by molar-refractivity contribution is 5.72. The van der Waals surface area contributed by atoms with E-state index in [1.165, 1.54) is 13.2 Å². The highest BCUT2D eigenvalue weighted by Crippen LogP contribution is 2.19. The Hall–Kier alpha value is -2.36. The molecule has 1 heterocycles. The first-order valence-corrected chi connectivity index (χ1v) is 5.51. The van der Waals surface area contributed by atoms with Gasteiger partial charge in [0.15, 0.2) is 0 Å². The second kappa shape index (κ2) is 5.31. The van der Waals surface area contributed by atoms with E-state index in [1.54, 1.807) is 6.07 Å². The molecule has 0 aliphatic carbocycles. The number of hydrogen-bond donors (Lipinski definition) is 1. The molecular formula is C14H13NO3. The van der Waals surface area contributed by atoms with Crippen LogP contribution in [0.15, 0.2) is 42.5 Å². The number of methoxy groups -OCH3 is 1. The van der Waals surface area contributed by atoms with Gasteiger partial charge in [0, 0.05) is 11.6 Å². The SMILES string of the molecule is COC(=O)Cc1ccc(-c2cccc(O)n2)cc1. The minimum absolute atomic E-state index is 0.00821. The van der Waals surface area contributed by atoms with Crippen LogP contribution in [0.3, 0.4) is 0 Å². The monoisotopic (exact) mass is 243 g/mol. The van der Waals surface area contributed by atoms with E-state index in [0.29, 0.717) is 5.69 Å². The summed E-state index contributed by atoms with van der Waals surface area (Å²) in [6, 6.07) is 12.5. The van der Waals surface area contributed by atoms with E-state index in [0.717, 1.165) is 11.1 Å². The number of hydrogen-bond acceptors (Lipinski definition) is 4. The van der Waals surface area contributed by atoms with Gasteiger partial charge in [-0.25, -0.2) is 4.98 Å². The van der Waals surface area contributed by atoms with Gasteiger partial charge in [-0.2, -0.15) is 0 Å². The smallest absolute Gasteiger partial charge is 0.309 e. The van der Waals surface area contributed by atoms with Gasteiger partial charge in [-0.3, -0.25) is 4.79 Å². The summed E-state index contributed by atoms with van der Waals surface area (Å²) in [4.78, 5) is 15.1. The molecule has 2 aromatic rings. The molecule has 0 spiro atoms. The largest absolute Gasteiger partial charge is 0.493 e. The summed E-state index contributed by atoms with van der Waals surface area (Å²) >= 11 is 0. The van der Waals surface area contributed by atoms with E-state index >= 15 is 0 Å². The van der Waals surface area contributed by atoms with Crippen molar-refractivity contribution >= 4 is 5.97 Å². The molecule has 0 amide bonds. The van der Waals surface area contributed by atoms with Crippen LogP contribution < -0.4 is 0 Å². The number of carbonyl (C=O) groups excluding carboxylic acids is 1. The standard InChI is InChI=1S/C14H13NO3/c1-18-14(17)9-10-5-7-11(8-6-10)12-3-2-4-13(16)15-12/h2-8H,9H2,1H3,(H,15,16). The van der Waals surface area contributed by atoms with Crippen LogP contribution in [0.2, 0.25) is 0 Å². The number of esters is 1. The molecule has 18 heavy (non-hydrogen) atoms. The van der Waals surface area contributed by atoms with E-state index in [9.17, 15) is 9.90 Å². The molecule has 1 aromatic carbocycles. The molecule has 0 atom stereocenters. The predicted octanol–water partition coefficient (Wildman–Crippen LogP) is 2.17. The Labute approximate surface area is 105 Å². The lowest BCUT2D eigenvalue weighted by Crippen LogP contribution is -2.04. The lowest BCUT2D eigenvalue weighted by molar-refractivity contribution is -0.139. The van der Waals surface area contributed by atoms with Crippen molar-refractivity contribution in [1.29, 1.82) is 0 Å².